The number of hydrogen-bond donors (Lipinski definition) is 2. The summed E-state index contributed by atoms with van der Waals surface area (Å²) in [5.41, 5.74) is 0.520. The van der Waals surface area contributed by atoms with Crippen molar-refractivity contribution in [2.45, 2.75) is 6.04 Å². The average Bonchev–Trinajstić information content (AvgIpc) is 3.00. The van der Waals surface area contributed by atoms with Crippen molar-refractivity contribution in [1.29, 1.82) is 0 Å². The molecule has 140 valence electrons. The fourth-order valence-electron chi connectivity index (χ4n) is 2.80. The Kier molecular flexibility index (Phi) is 5.00. The molecule has 0 aliphatic rings. The molecule has 0 bridgehead atoms. The summed E-state index contributed by atoms with van der Waals surface area (Å²) in [4.78, 5) is 23.2. The molecule has 7 nitrogen and oxygen atoms in total. The van der Waals surface area contributed by atoms with E-state index in [0.717, 1.165) is 10.6 Å². The fraction of sp³-hybridized carbons (Fsp3) is 0.167. The molecule has 0 aliphatic heterocycles. The lowest BCUT2D eigenvalue weighted by Gasteiger charge is -2.20. The summed E-state index contributed by atoms with van der Waals surface area (Å²) < 4.78 is 16.4. The van der Waals surface area contributed by atoms with Gasteiger partial charge in [-0.15, -0.1) is 0 Å². The van der Waals surface area contributed by atoms with E-state index < -0.39 is 23.4 Å². The van der Waals surface area contributed by atoms with Crippen LogP contribution in [-0.2, 0) is 14.1 Å². The quantitative estimate of drug-likeness (QED) is 0.699. The molecular weight excluding hydrogens is 375 g/mol. The van der Waals surface area contributed by atoms with Gasteiger partial charge in [0.1, 0.15) is 0 Å². The van der Waals surface area contributed by atoms with E-state index in [1.165, 1.54) is 17.9 Å². The van der Waals surface area contributed by atoms with Gasteiger partial charge >= 0.3 is 5.97 Å². The number of hydrogen-bond acceptors (Lipinski definition) is 4. The molecule has 1 aromatic carbocycles. The molecule has 0 saturated heterocycles. The van der Waals surface area contributed by atoms with Gasteiger partial charge in [-0.2, -0.15) is 5.10 Å². The van der Waals surface area contributed by atoms with Crippen molar-refractivity contribution in [3.05, 3.63) is 80.7 Å². The number of aromatic carboxylic acids is 1. The zero-order valence-electron chi connectivity index (χ0n) is 14.5. The maximum absolute atomic E-state index is 13.9. The van der Waals surface area contributed by atoms with Crippen LogP contribution in [0.3, 0.4) is 0 Å². The van der Waals surface area contributed by atoms with E-state index in [1.54, 1.807) is 37.5 Å². The molecule has 2 aromatic heterocycles. The first-order chi connectivity index (χ1) is 12.8. The zero-order chi connectivity index (χ0) is 19.7. The van der Waals surface area contributed by atoms with Crippen molar-refractivity contribution in [3.8, 4) is 0 Å². The molecule has 27 heavy (non-hydrogen) atoms. The molecule has 2 N–H and O–H groups in total. The minimum Gasteiger partial charge on any atom is -0.476 e. The summed E-state index contributed by atoms with van der Waals surface area (Å²) in [7, 11) is 3.04. The summed E-state index contributed by atoms with van der Waals surface area (Å²) in [5.74, 6) is -2.10. The third kappa shape index (κ3) is 3.85. The summed E-state index contributed by atoms with van der Waals surface area (Å²) >= 11 is 5.95. The van der Waals surface area contributed by atoms with E-state index >= 15 is 0 Å². The molecule has 1 unspecified atom stereocenters. The minimum atomic E-state index is -1.18. The second-order valence-corrected chi connectivity index (χ2v) is 6.47. The van der Waals surface area contributed by atoms with Crippen LogP contribution in [0.4, 0.5) is 10.1 Å². The van der Waals surface area contributed by atoms with Crippen molar-refractivity contribution >= 4 is 23.3 Å². The van der Waals surface area contributed by atoms with Gasteiger partial charge in [-0.3, -0.25) is 9.48 Å². The standard InChI is InChI=1S/C18H16ClFN4O3/c1-23-8-12(7-14(20)17(23)25)21-15(10-3-5-11(19)6-4-10)13-9-24(2)22-16(13)18(26)27/h3-9,15,21H,1-2H3,(H,26,27). The summed E-state index contributed by atoms with van der Waals surface area (Å²) in [6, 6.07) is 7.22. The molecule has 0 fully saturated rings. The number of halogens is 2. The van der Waals surface area contributed by atoms with Crippen LogP contribution in [-0.4, -0.2) is 25.4 Å². The van der Waals surface area contributed by atoms with Crippen molar-refractivity contribution in [1.82, 2.24) is 14.3 Å². The number of carbonyl (C=O) groups is 1. The van der Waals surface area contributed by atoms with Crippen LogP contribution in [0.5, 0.6) is 0 Å². The number of benzene rings is 1. The van der Waals surface area contributed by atoms with Crippen LogP contribution in [0.1, 0.15) is 27.7 Å². The maximum atomic E-state index is 13.9. The number of nitrogens with zero attached hydrogens (tertiary/aromatic N) is 3. The number of rotatable bonds is 5. The molecule has 0 spiro atoms. The van der Waals surface area contributed by atoms with Crippen LogP contribution in [0, 0.1) is 5.82 Å². The summed E-state index contributed by atoms with van der Waals surface area (Å²) in [6.45, 7) is 0. The number of aryl methyl sites for hydroxylation is 2. The molecule has 3 rings (SSSR count). The van der Waals surface area contributed by atoms with E-state index in [2.05, 4.69) is 10.4 Å². The van der Waals surface area contributed by atoms with Gasteiger partial charge in [0.2, 0.25) is 0 Å². The Morgan fingerprint density at radius 2 is 1.93 bits per heavy atom. The fourth-order valence-corrected chi connectivity index (χ4v) is 2.92. The maximum Gasteiger partial charge on any atom is 0.356 e. The third-order valence-electron chi connectivity index (χ3n) is 4.02. The zero-order valence-corrected chi connectivity index (χ0v) is 15.2. The molecular formula is C18H16ClFN4O3. The second kappa shape index (κ2) is 7.24. The van der Waals surface area contributed by atoms with E-state index in [1.807, 2.05) is 0 Å². The van der Waals surface area contributed by atoms with Gasteiger partial charge < -0.3 is 15.0 Å². The molecule has 0 saturated carbocycles. The number of aromatic nitrogens is 3. The average molecular weight is 391 g/mol. The monoisotopic (exact) mass is 390 g/mol. The lowest BCUT2D eigenvalue weighted by atomic mass is 9.98. The number of carboxylic acids is 1. The van der Waals surface area contributed by atoms with Gasteiger partial charge in [0.05, 0.1) is 11.7 Å². The van der Waals surface area contributed by atoms with Crippen molar-refractivity contribution < 1.29 is 14.3 Å². The predicted octanol–water partition coefficient (Wildman–Crippen LogP) is 2.81. The third-order valence-corrected chi connectivity index (χ3v) is 4.28. The Labute approximate surface area is 158 Å². The summed E-state index contributed by atoms with van der Waals surface area (Å²) in [6.07, 6.45) is 3.01. The van der Waals surface area contributed by atoms with Gasteiger partial charge in [0.25, 0.3) is 5.56 Å². The van der Waals surface area contributed by atoms with Crippen LogP contribution < -0.4 is 10.9 Å². The van der Waals surface area contributed by atoms with Crippen LogP contribution in [0.2, 0.25) is 5.02 Å². The van der Waals surface area contributed by atoms with Crippen LogP contribution in [0.15, 0.2) is 47.5 Å². The highest BCUT2D eigenvalue weighted by molar-refractivity contribution is 6.30. The Morgan fingerprint density at radius 1 is 1.26 bits per heavy atom. The van der Waals surface area contributed by atoms with E-state index in [-0.39, 0.29) is 5.69 Å². The molecule has 1 atom stereocenters. The molecule has 0 amide bonds. The summed E-state index contributed by atoms with van der Waals surface area (Å²) in [5, 5.41) is 17.1. The molecule has 0 radical (unpaired) electrons. The molecule has 0 aliphatic carbocycles. The van der Waals surface area contributed by atoms with E-state index in [4.69, 9.17) is 11.6 Å². The number of nitrogens with one attached hydrogen (secondary N) is 1. The van der Waals surface area contributed by atoms with Crippen molar-refractivity contribution in [3.63, 3.8) is 0 Å². The number of pyridine rings is 1. The smallest absolute Gasteiger partial charge is 0.356 e. The first-order valence-electron chi connectivity index (χ1n) is 7.91. The van der Waals surface area contributed by atoms with Gasteiger partial charge in [0.15, 0.2) is 11.5 Å². The highest BCUT2D eigenvalue weighted by Crippen LogP contribution is 2.29. The lowest BCUT2D eigenvalue weighted by Crippen LogP contribution is -2.22. The van der Waals surface area contributed by atoms with Gasteiger partial charge in [0, 0.05) is 43.1 Å². The second-order valence-electron chi connectivity index (χ2n) is 6.03. The number of anilines is 1. The first kappa shape index (κ1) is 18.7. The Hall–Kier alpha value is -3.13. The SMILES string of the molecule is Cn1cc(C(Nc2cc(F)c(=O)n(C)c2)c2ccc(Cl)cc2)c(C(=O)O)n1. The normalized spacial score (nSPS) is 12.0. The predicted molar refractivity (Wildman–Crippen MR) is 98.7 cm³/mol. The van der Waals surface area contributed by atoms with Gasteiger partial charge in [-0.05, 0) is 17.7 Å². The highest BCUT2D eigenvalue weighted by atomic mass is 35.5. The minimum absolute atomic E-state index is 0.129. The molecule has 9 heteroatoms. The topological polar surface area (TPSA) is 89.2 Å². The molecule has 3 aromatic rings. The highest BCUT2D eigenvalue weighted by Gasteiger charge is 2.25. The van der Waals surface area contributed by atoms with Gasteiger partial charge in [-0.1, -0.05) is 23.7 Å². The largest absolute Gasteiger partial charge is 0.476 e. The van der Waals surface area contributed by atoms with Crippen molar-refractivity contribution in [2.75, 3.05) is 5.32 Å². The Bertz CT molecular complexity index is 1030. The van der Waals surface area contributed by atoms with Crippen molar-refractivity contribution in [2.24, 2.45) is 14.1 Å². The van der Waals surface area contributed by atoms with E-state index in [0.29, 0.717) is 21.8 Å². The van der Waals surface area contributed by atoms with Crippen LogP contribution in [0.25, 0.3) is 0 Å². The molecule has 2 heterocycles. The number of carboxylic acid groups (broad SMARTS) is 1. The van der Waals surface area contributed by atoms with Gasteiger partial charge in [-0.25, -0.2) is 9.18 Å². The lowest BCUT2D eigenvalue weighted by molar-refractivity contribution is 0.0688. The van der Waals surface area contributed by atoms with Crippen LogP contribution >= 0.6 is 11.6 Å². The Morgan fingerprint density at radius 3 is 2.52 bits per heavy atom. The Balaban J connectivity index is 2.13. The first-order valence-corrected chi connectivity index (χ1v) is 8.29. The van der Waals surface area contributed by atoms with E-state index in [9.17, 15) is 19.1 Å².